The number of fused-ring (bicyclic) bond motifs is 3. The second-order valence-corrected chi connectivity index (χ2v) is 15.1. The van der Waals surface area contributed by atoms with Gasteiger partial charge < -0.3 is 15.3 Å². The van der Waals surface area contributed by atoms with Crippen LogP contribution in [-0.4, -0.2) is 27.4 Å². The van der Waals surface area contributed by atoms with Gasteiger partial charge in [0.1, 0.15) is 5.75 Å². The molecule has 4 nitrogen and oxygen atoms in total. The van der Waals surface area contributed by atoms with E-state index in [1.807, 2.05) is 6.07 Å². The van der Waals surface area contributed by atoms with Gasteiger partial charge in [-0.15, -0.1) is 0 Å². The van der Waals surface area contributed by atoms with Crippen molar-refractivity contribution in [1.29, 1.82) is 0 Å². The van der Waals surface area contributed by atoms with Crippen molar-refractivity contribution in [3.8, 4) is 5.75 Å². The highest BCUT2D eigenvalue weighted by Crippen LogP contribution is 2.48. The topological polar surface area (TPSA) is 77.8 Å². The van der Waals surface area contributed by atoms with Crippen LogP contribution in [0.1, 0.15) is 144 Å². The van der Waals surface area contributed by atoms with Gasteiger partial charge in [0, 0.05) is 5.41 Å². The molecule has 0 saturated heterocycles. The fourth-order valence-corrected chi connectivity index (χ4v) is 9.13. The molecule has 0 aromatic heterocycles. The maximum atomic E-state index is 12.9. The molecule has 2 bridgehead atoms. The molecule has 0 unspecified atom stereocenters. The summed E-state index contributed by atoms with van der Waals surface area (Å²) in [6.07, 6.45) is 28.3. The van der Waals surface area contributed by atoms with Gasteiger partial charge in [-0.25, -0.2) is 0 Å². The van der Waals surface area contributed by atoms with Gasteiger partial charge in [0.25, 0.3) is 0 Å². The Morgan fingerprint density at radius 3 is 2.51 bits per heavy atom. The third-order valence-electron chi connectivity index (χ3n) is 11.8. The first kappa shape index (κ1) is 35.5. The van der Waals surface area contributed by atoms with Gasteiger partial charge in [0.2, 0.25) is 0 Å². The molecule has 5 rings (SSSR count). The number of aliphatic carboxylic acids is 1. The van der Waals surface area contributed by atoms with Gasteiger partial charge >= 0.3 is 5.97 Å². The van der Waals surface area contributed by atoms with E-state index in [1.165, 1.54) is 56.1 Å². The maximum Gasteiger partial charge on any atom is 0.307 e. The van der Waals surface area contributed by atoms with Crippen LogP contribution in [0.5, 0.6) is 5.75 Å². The van der Waals surface area contributed by atoms with E-state index in [-0.39, 0.29) is 0 Å². The molecule has 2 aromatic carbocycles. The maximum absolute atomic E-state index is 12.9. The highest BCUT2D eigenvalue weighted by atomic mass is 16.4. The summed E-state index contributed by atoms with van der Waals surface area (Å²) in [6.45, 7) is 2.22. The molecule has 256 valence electrons. The number of carboxylic acids is 1. The average molecular weight is 641 g/mol. The molecule has 3 aliphatic carbocycles. The summed E-state index contributed by atoms with van der Waals surface area (Å²) in [4.78, 5) is 12.9. The second kappa shape index (κ2) is 17.5. The third-order valence-corrected chi connectivity index (χ3v) is 11.8. The lowest BCUT2D eigenvalue weighted by Crippen LogP contribution is -2.45. The first-order valence-electron chi connectivity index (χ1n) is 19.0. The summed E-state index contributed by atoms with van der Waals surface area (Å²) in [5.41, 5.74) is 4.13. The smallest absolute Gasteiger partial charge is 0.307 e. The summed E-state index contributed by atoms with van der Waals surface area (Å²) in [7, 11) is 0. The summed E-state index contributed by atoms with van der Waals surface area (Å²) in [6, 6.07) is 15.1. The van der Waals surface area contributed by atoms with E-state index in [2.05, 4.69) is 67.6 Å². The van der Waals surface area contributed by atoms with Crippen LogP contribution in [-0.2, 0) is 23.1 Å². The van der Waals surface area contributed by atoms with E-state index in [0.29, 0.717) is 30.4 Å². The molecule has 0 radical (unpaired) electrons. The summed E-state index contributed by atoms with van der Waals surface area (Å²) in [5, 5.41) is 32.2. The van der Waals surface area contributed by atoms with Gasteiger partial charge in [-0.1, -0.05) is 106 Å². The molecule has 0 amide bonds. The number of rotatable bonds is 13. The van der Waals surface area contributed by atoms with Crippen LogP contribution >= 0.6 is 0 Å². The molecule has 47 heavy (non-hydrogen) atoms. The Balaban J connectivity index is 1.44. The van der Waals surface area contributed by atoms with Crippen LogP contribution < -0.4 is 0 Å². The molecule has 4 heteroatoms. The number of hydrogen-bond acceptors (Lipinski definition) is 3. The number of unbranched alkanes of at least 4 members (excludes halogenated alkanes) is 5. The van der Waals surface area contributed by atoms with Gasteiger partial charge in [0.05, 0.1) is 12.0 Å². The number of carbonyl (C=O) groups is 1. The molecule has 2 aromatic rings. The molecule has 1 spiro atoms. The predicted molar refractivity (Wildman–Crippen MR) is 193 cm³/mol. The summed E-state index contributed by atoms with van der Waals surface area (Å²) >= 11 is 0. The molecule has 6 atom stereocenters. The molecule has 1 fully saturated rings. The Hall–Kier alpha value is -2.85. The Morgan fingerprint density at radius 1 is 0.915 bits per heavy atom. The van der Waals surface area contributed by atoms with Crippen LogP contribution in [0.15, 0.2) is 66.8 Å². The number of allylic oxidation sites excluding steroid dienone is 4. The van der Waals surface area contributed by atoms with Gasteiger partial charge in [0.15, 0.2) is 0 Å². The predicted octanol–water partition coefficient (Wildman–Crippen LogP) is 10.6. The van der Waals surface area contributed by atoms with Gasteiger partial charge in [-0.2, -0.15) is 0 Å². The van der Waals surface area contributed by atoms with Crippen molar-refractivity contribution in [2.75, 3.05) is 0 Å². The number of benzene rings is 2. The molecule has 3 aliphatic rings. The Labute approximate surface area is 284 Å². The minimum absolute atomic E-state index is 0.298. The average Bonchev–Trinajstić information content (AvgIpc) is 3.58. The van der Waals surface area contributed by atoms with Crippen molar-refractivity contribution in [3.63, 3.8) is 0 Å². The lowest BCUT2D eigenvalue weighted by Gasteiger charge is -2.44. The zero-order chi connectivity index (χ0) is 33.1. The highest BCUT2D eigenvalue weighted by molar-refractivity contribution is 5.73. The molecule has 0 heterocycles. The van der Waals surface area contributed by atoms with E-state index in [0.717, 1.165) is 81.3 Å². The van der Waals surface area contributed by atoms with E-state index < -0.39 is 23.4 Å². The molecular formula is C43H60O4. The number of aromatic hydroxyl groups is 1. The van der Waals surface area contributed by atoms with E-state index in [1.54, 1.807) is 0 Å². The summed E-state index contributed by atoms with van der Waals surface area (Å²) < 4.78 is 0. The molecule has 1 saturated carbocycles. The van der Waals surface area contributed by atoms with E-state index in [4.69, 9.17) is 0 Å². The largest absolute Gasteiger partial charge is 0.508 e. The third kappa shape index (κ3) is 9.40. The standard InChI is InChI=1S/C43H60O4/c1-2-3-6-21-36-30-35(25-26-41(36)45)39-29-33-18-13-22-37(28-33)43(27-14-23-38(44)31-43)40(42(46)47)24-12-11-20-34(39)19-8-5-4-7-15-32-16-9-10-17-32/h9,11-13,16,18,22,25-26,28,30,32,34,38-40,44-45H,2-8,10,14-15,17,19-21,23-24,27,29,31H2,1H3,(H,46,47)/b12-11-/t32-,34-,38-,39-,40+,43-/m1/s1. The van der Waals surface area contributed by atoms with Crippen LogP contribution in [0.25, 0.3) is 0 Å². The quantitative estimate of drug-likeness (QED) is 0.150. The first-order valence-corrected chi connectivity index (χ1v) is 19.0. The van der Waals surface area contributed by atoms with Crippen LogP contribution in [0, 0.1) is 17.8 Å². The van der Waals surface area contributed by atoms with Gasteiger partial charge in [-0.3, -0.25) is 4.79 Å². The van der Waals surface area contributed by atoms with Crippen molar-refractivity contribution in [2.45, 2.75) is 146 Å². The Kier molecular flexibility index (Phi) is 13.2. The highest BCUT2D eigenvalue weighted by Gasteiger charge is 2.47. The molecule has 0 aliphatic heterocycles. The minimum atomic E-state index is -0.756. The Morgan fingerprint density at radius 2 is 1.74 bits per heavy atom. The normalized spacial score (nSPS) is 28.5. The molecule has 3 N–H and O–H groups in total. The number of aliphatic hydroxyl groups excluding tert-OH is 1. The Bertz CT molecular complexity index is 1340. The number of hydrogen-bond donors (Lipinski definition) is 3. The van der Waals surface area contributed by atoms with Crippen LogP contribution in [0.4, 0.5) is 0 Å². The zero-order valence-electron chi connectivity index (χ0n) is 28.9. The second-order valence-electron chi connectivity index (χ2n) is 15.1. The molecular weight excluding hydrogens is 580 g/mol. The SMILES string of the molecule is CCCCCc1cc([C@@H]2Cc3cccc(c3)[C@]3(CCC[C@@H](O)C3)[C@H](C(=O)O)C/C=C\C[C@H]2CCCCCC[C@@H]2C=CCC2)ccc1O. The van der Waals surface area contributed by atoms with Crippen molar-refractivity contribution in [1.82, 2.24) is 0 Å². The number of carboxylic acid groups (broad SMARTS) is 1. The number of phenolic OH excluding ortho intramolecular Hbond substituents is 1. The van der Waals surface area contributed by atoms with Crippen molar-refractivity contribution in [3.05, 3.63) is 89.0 Å². The number of phenols is 1. The van der Waals surface area contributed by atoms with E-state index in [9.17, 15) is 20.1 Å². The fraction of sp³-hybridized carbons (Fsp3) is 0.605. The lowest BCUT2D eigenvalue weighted by molar-refractivity contribution is -0.145. The first-order chi connectivity index (χ1) is 22.9. The number of aryl methyl sites for hydroxylation is 1. The van der Waals surface area contributed by atoms with Gasteiger partial charge in [-0.05, 0) is 130 Å². The lowest BCUT2D eigenvalue weighted by atomic mass is 9.60. The van der Waals surface area contributed by atoms with Crippen LogP contribution in [0.2, 0.25) is 0 Å². The van der Waals surface area contributed by atoms with Crippen molar-refractivity contribution >= 4 is 5.97 Å². The minimum Gasteiger partial charge on any atom is -0.508 e. The van der Waals surface area contributed by atoms with E-state index >= 15 is 0 Å². The number of aliphatic hydroxyl groups is 1. The van der Waals surface area contributed by atoms with Crippen molar-refractivity contribution in [2.24, 2.45) is 17.8 Å². The van der Waals surface area contributed by atoms with Crippen LogP contribution in [0.3, 0.4) is 0 Å². The monoisotopic (exact) mass is 640 g/mol. The fourth-order valence-electron chi connectivity index (χ4n) is 9.13. The van der Waals surface area contributed by atoms with Crippen molar-refractivity contribution < 1.29 is 20.1 Å². The summed E-state index contributed by atoms with van der Waals surface area (Å²) in [5.74, 6) is 0.605. The zero-order valence-corrected chi connectivity index (χ0v) is 28.9.